The maximum Gasteiger partial charge on any atom is 0.246 e. The summed E-state index contributed by atoms with van der Waals surface area (Å²) in [7, 11) is -1.80. The number of aliphatic hydroxyl groups excluding tert-OH is 1. The van der Waals surface area contributed by atoms with Gasteiger partial charge in [0.15, 0.2) is 5.82 Å². The van der Waals surface area contributed by atoms with Gasteiger partial charge >= 0.3 is 0 Å². The molecule has 0 amide bonds. The summed E-state index contributed by atoms with van der Waals surface area (Å²) in [5.41, 5.74) is 0.565. The number of benzene rings is 2. The molecule has 0 radical (unpaired) electrons. The Morgan fingerprint density at radius 2 is 1.64 bits per heavy atom. The molecule has 0 aliphatic rings. The molecule has 2 heterocycles. The van der Waals surface area contributed by atoms with Crippen LogP contribution in [0.1, 0.15) is 18.6 Å². The van der Waals surface area contributed by atoms with Crippen molar-refractivity contribution in [3.63, 3.8) is 0 Å². The summed E-state index contributed by atoms with van der Waals surface area (Å²) >= 11 is 1.95. The summed E-state index contributed by atoms with van der Waals surface area (Å²) in [5, 5.41) is 18.6. The largest absolute Gasteiger partial charge is 0.494 e. The Morgan fingerprint density at radius 1 is 1.00 bits per heavy atom. The van der Waals surface area contributed by atoms with Crippen molar-refractivity contribution in [1.29, 1.82) is 0 Å². The summed E-state index contributed by atoms with van der Waals surface area (Å²) in [4.78, 5) is 4.53. The standard InChI is InChI=1S/C30H37FIN5O6SSi/c1-19(28(38)21-15-14-20(32)18-22(21)31)44(39,40)36(16-17-45(5,6)7)30-35-34-29(23-10-8-13-26(33-23)43-4)37(30)27-24(41-2)11-9-12-25(27)42-3/h8-15,18-19,28,38H,16-17H2,1-7H3/t19-,28+/m0/s1. The summed E-state index contributed by atoms with van der Waals surface area (Å²) in [6.45, 7) is 7.75. The molecule has 0 fully saturated rings. The smallest absolute Gasteiger partial charge is 0.246 e. The van der Waals surface area contributed by atoms with Gasteiger partial charge in [-0.1, -0.05) is 37.8 Å². The van der Waals surface area contributed by atoms with Crippen molar-refractivity contribution in [3.8, 4) is 34.6 Å². The lowest BCUT2D eigenvalue weighted by atomic mass is 10.1. The SMILES string of the molecule is COc1cccc(-c2nnc(N(CC[Si](C)(C)C)S(=O)(=O)[C@@H](C)[C@@H](O)c3ccc(I)cc3F)n2-c2c(OC)cccc2OC)n1. The lowest BCUT2D eigenvalue weighted by molar-refractivity contribution is 0.171. The Bertz CT molecular complexity index is 1750. The average molecular weight is 770 g/mol. The van der Waals surface area contributed by atoms with E-state index in [0.717, 1.165) is 4.31 Å². The van der Waals surface area contributed by atoms with E-state index in [-0.39, 0.29) is 23.9 Å². The molecule has 2 atom stereocenters. The molecule has 0 bridgehead atoms. The molecule has 0 saturated heterocycles. The van der Waals surface area contributed by atoms with Gasteiger partial charge in [-0.15, -0.1) is 10.2 Å². The Hall–Kier alpha value is -3.28. The van der Waals surface area contributed by atoms with Crippen LogP contribution in [0.3, 0.4) is 0 Å². The number of aromatic nitrogens is 4. The second kappa shape index (κ2) is 14.0. The van der Waals surface area contributed by atoms with Crippen molar-refractivity contribution < 1.29 is 32.1 Å². The van der Waals surface area contributed by atoms with Crippen molar-refractivity contribution in [2.24, 2.45) is 0 Å². The van der Waals surface area contributed by atoms with Gasteiger partial charge in [-0.2, -0.15) is 0 Å². The number of nitrogens with zero attached hydrogens (tertiary/aromatic N) is 5. The molecule has 0 unspecified atom stereocenters. The Morgan fingerprint density at radius 3 is 2.22 bits per heavy atom. The number of para-hydroxylation sites is 1. The maximum atomic E-state index is 14.9. The van der Waals surface area contributed by atoms with E-state index in [1.165, 1.54) is 45.0 Å². The second-order valence-electron chi connectivity index (χ2n) is 11.5. The lowest BCUT2D eigenvalue weighted by Gasteiger charge is -2.31. The van der Waals surface area contributed by atoms with Crippen molar-refractivity contribution in [3.05, 3.63) is 69.5 Å². The molecular formula is C30H37FIN5O6SSi. The highest BCUT2D eigenvalue weighted by Gasteiger charge is 2.40. The van der Waals surface area contributed by atoms with Crippen LogP contribution in [0.15, 0.2) is 54.6 Å². The average Bonchev–Trinajstić information content (AvgIpc) is 3.43. The minimum absolute atomic E-state index is 0.0332. The van der Waals surface area contributed by atoms with E-state index in [0.29, 0.717) is 38.4 Å². The van der Waals surface area contributed by atoms with Crippen LogP contribution < -0.4 is 18.5 Å². The van der Waals surface area contributed by atoms with Crippen LogP contribution in [0.2, 0.25) is 25.7 Å². The van der Waals surface area contributed by atoms with Gasteiger partial charge in [0.2, 0.25) is 21.9 Å². The minimum Gasteiger partial charge on any atom is -0.494 e. The predicted octanol–water partition coefficient (Wildman–Crippen LogP) is 5.70. The van der Waals surface area contributed by atoms with Crippen LogP contribution in [0.4, 0.5) is 10.3 Å². The lowest BCUT2D eigenvalue weighted by Crippen LogP contribution is -2.44. The molecule has 2 aromatic carbocycles. The molecule has 2 aromatic heterocycles. The molecule has 242 valence electrons. The minimum atomic E-state index is -4.42. The number of hydrogen-bond donors (Lipinski definition) is 1. The Kier molecular flexibility index (Phi) is 10.8. The van der Waals surface area contributed by atoms with Crippen molar-refractivity contribution in [1.82, 2.24) is 19.7 Å². The van der Waals surface area contributed by atoms with E-state index in [1.807, 2.05) is 22.6 Å². The molecule has 4 rings (SSSR count). The summed E-state index contributed by atoms with van der Waals surface area (Å²) in [6, 6.07) is 15.1. The maximum absolute atomic E-state index is 14.9. The fourth-order valence-electron chi connectivity index (χ4n) is 4.65. The zero-order chi connectivity index (χ0) is 33.1. The van der Waals surface area contributed by atoms with Crippen molar-refractivity contribution in [2.45, 2.75) is 44.0 Å². The van der Waals surface area contributed by atoms with Gasteiger partial charge in [-0.05, 0) is 65.9 Å². The highest BCUT2D eigenvalue weighted by atomic mass is 127. The van der Waals surface area contributed by atoms with Gasteiger partial charge in [-0.3, -0.25) is 4.57 Å². The molecule has 0 aliphatic heterocycles. The number of aliphatic hydroxyl groups is 1. The molecule has 1 N–H and O–H groups in total. The van der Waals surface area contributed by atoms with E-state index in [9.17, 15) is 17.9 Å². The van der Waals surface area contributed by atoms with Gasteiger partial charge in [0.1, 0.15) is 40.1 Å². The van der Waals surface area contributed by atoms with Crippen LogP contribution in [0.5, 0.6) is 17.4 Å². The second-order valence-corrected chi connectivity index (χ2v) is 20.6. The Labute approximate surface area is 277 Å². The molecule has 0 spiro atoms. The molecular weight excluding hydrogens is 732 g/mol. The van der Waals surface area contributed by atoms with Gasteiger partial charge in [0.25, 0.3) is 0 Å². The fraction of sp³-hybridized carbons (Fsp3) is 0.367. The molecule has 11 nitrogen and oxygen atoms in total. The quantitative estimate of drug-likeness (QED) is 0.135. The number of halogens is 2. The zero-order valence-corrected chi connectivity index (χ0v) is 30.1. The van der Waals surface area contributed by atoms with Gasteiger partial charge in [-0.25, -0.2) is 22.1 Å². The Balaban J connectivity index is 2.00. The fourth-order valence-corrected chi connectivity index (χ4v) is 7.73. The zero-order valence-electron chi connectivity index (χ0n) is 26.2. The van der Waals surface area contributed by atoms with Crippen LogP contribution in [-0.4, -0.2) is 74.5 Å². The van der Waals surface area contributed by atoms with Gasteiger partial charge in [0.05, 0.1) is 21.3 Å². The first kappa shape index (κ1) is 34.6. The van der Waals surface area contributed by atoms with Crippen LogP contribution >= 0.6 is 22.6 Å². The third-order valence-electron chi connectivity index (χ3n) is 7.22. The third-order valence-corrected chi connectivity index (χ3v) is 11.8. The molecule has 0 aliphatic carbocycles. The molecule has 45 heavy (non-hydrogen) atoms. The first-order valence-corrected chi connectivity index (χ1v) is 20.3. The van der Waals surface area contributed by atoms with Gasteiger partial charge in [0, 0.05) is 29.8 Å². The van der Waals surface area contributed by atoms with Crippen LogP contribution in [-0.2, 0) is 10.0 Å². The first-order chi connectivity index (χ1) is 21.2. The highest BCUT2D eigenvalue weighted by Crippen LogP contribution is 2.40. The van der Waals surface area contributed by atoms with Gasteiger partial charge < -0.3 is 19.3 Å². The molecule has 15 heteroatoms. The number of hydrogen-bond acceptors (Lipinski definition) is 9. The van der Waals surface area contributed by atoms with E-state index >= 15 is 0 Å². The summed E-state index contributed by atoms with van der Waals surface area (Å²) in [5.74, 6) is 0.454. The predicted molar refractivity (Wildman–Crippen MR) is 182 cm³/mol. The molecule has 0 saturated carbocycles. The van der Waals surface area contributed by atoms with E-state index in [4.69, 9.17) is 14.2 Å². The topological polar surface area (TPSA) is 129 Å². The summed E-state index contributed by atoms with van der Waals surface area (Å²) < 4.78 is 64.1. The highest BCUT2D eigenvalue weighted by molar-refractivity contribution is 14.1. The van der Waals surface area contributed by atoms with Crippen LogP contribution in [0, 0.1) is 9.39 Å². The first-order valence-electron chi connectivity index (χ1n) is 14.1. The van der Waals surface area contributed by atoms with Crippen LogP contribution in [0.25, 0.3) is 17.2 Å². The number of sulfonamides is 1. The van der Waals surface area contributed by atoms with E-state index in [1.54, 1.807) is 42.5 Å². The van der Waals surface area contributed by atoms with E-state index in [2.05, 4.69) is 34.8 Å². The monoisotopic (exact) mass is 769 g/mol. The number of pyridine rings is 1. The summed E-state index contributed by atoms with van der Waals surface area (Å²) in [6.07, 6.45) is -1.67. The number of anilines is 1. The van der Waals surface area contributed by atoms with Crippen molar-refractivity contribution >= 4 is 46.6 Å². The molecule has 4 aromatic rings. The van der Waals surface area contributed by atoms with E-state index < -0.39 is 35.3 Å². The number of methoxy groups -OCH3 is 3. The number of rotatable bonds is 13. The normalized spacial score (nSPS) is 13.3. The number of ether oxygens (including phenoxy) is 3. The van der Waals surface area contributed by atoms with Crippen molar-refractivity contribution in [2.75, 3.05) is 32.2 Å². The third kappa shape index (κ3) is 7.42.